The van der Waals surface area contributed by atoms with Crippen LogP contribution < -0.4 is 10.1 Å². The highest BCUT2D eigenvalue weighted by Gasteiger charge is 2.27. The van der Waals surface area contributed by atoms with Gasteiger partial charge in [-0.25, -0.2) is 8.42 Å². The van der Waals surface area contributed by atoms with Crippen LogP contribution in [0.25, 0.3) is 10.8 Å². The van der Waals surface area contributed by atoms with Crippen molar-refractivity contribution in [3.8, 4) is 5.75 Å². The summed E-state index contributed by atoms with van der Waals surface area (Å²) in [6.45, 7) is 2.88. The van der Waals surface area contributed by atoms with Gasteiger partial charge < -0.3 is 15.0 Å². The number of rotatable bonds is 7. The van der Waals surface area contributed by atoms with Gasteiger partial charge in [-0.05, 0) is 36.7 Å². The zero-order valence-electron chi connectivity index (χ0n) is 18.0. The summed E-state index contributed by atoms with van der Waals surface area (Å²) in [5, 5.41) is 4.91. The number of sulfonamides is 1. The molecule has 0 bridgehead atoms. The van der Waals surface area contributed by atoms with E-state index in [0.29, 0.717) is 44.9 Å². The molecule has 1 fully saturated rings. The number of nitrogens with one attached hydrogen (secondary N) is 1. The Morgan fingerprint density at radius 3 is 2.50 bits per heavy atom. The van der Waals surface area contributed by atoms with Gasteiger partial charge >= 0.3 is 0 Å². The molecule has 8 heteroatoms. The predicted molar refractivity (Wildman–Crippen MR) is 124 cm³/mol. The van der Waals surface area contributed by atoms with Crippen LogP contribution in [0.3, 0.4) is 0 Å². The number of hydrogen-bond acceptors (Lipinski definition) is 5. The molecule has 1 amide bonds. The molecule has 168 valence electrons. The molecule has 0 radical (unpaired) electrons. The van der Waals surface area contributed by atoms with Gasteiger partial charge in [-0.3, -0.25) is 4.79 Å². The molecule has 1 aliphatic heterocycles. The second-order valence-electron chi connectivity index (χ2n) is 7.82. The van der Waals surface area contributed by atoms with Crippen LogP contribution >= 0.6 is 0 Å². The smallest absolute Gasteiger partial charge is 0.251 e. The minimum absolute atomic E-state index is 0.140. The van der Waals surface area contributed by atoms with Crippen LogP contribution in [-0.4, -0.2) is 69.9 Å². The zero-order chi connectivity index (χ0) is 22.6. The van der Waals surface area contributed by atoms with Gasteiger partial charge in [0.05, 0.1) is 11.4 Å². The van der Waals surface area contributed by atoms with Crippen molar-refractivity contribution in [3.63, 3.8) is 0 Å². The van der Waals surface area contributed by atoms with E-state index in [2.05, 4.69) is 10.2 Å². The van der Waals surface area contributed by atoms with Crippen LogP contribution in [0, 0.1) is 0 Å². The number of benzene rings is 3. The van der Waals surface area contributed by atoms with Crippen molar-refractivity contribution in [2.75, 3.05) is 46.4 Å². The molecule has 0 spiro atoms. The van der Waals surface area contributed by atoms with E-state index in [1.165, 1.54) is 16.4 Å². The number of fused-ring (bicyclic) bond motifs is 1. The minimum atomic E-state index is -3.62. The molecule has 0 aromatic heterocycles. The molecule has 3 aromatic rings. The van der Waals surface area contributed by atoms with Crippen molar-refractivity contribution in [1.29, 1.82) is 0 Å². The Balaban J connectivity index is 1.36. The molecule has 3 aromatic carbocycles. The summed E-state index contributed by atoms with van der Waals surface area (Å²) in [7, 11) is -1.65. The summed E-state index contributed by atoms with van der Waals surface area (Å²) in [5.41, 5.74) is 0.311. The van der Waals surface area contributed by atoms with Crippen molar-refractivity contribution >= 4 is 26.7 Å². The number of piperazine rings is 1. The summed E-state index contributed by atoms with van der Waals surface area (Å²) in [4.78, 5) is 14.8. The molecule has 0 aliphatic carbocycles. The Bertz CT molecular complexity index is 1200. The molecule has 1 N–H and O–H groups in total. The fraction of sp³-hybridized carbons (Fsp3) is 0.292. The maximum absolute atomic E-state index is 12.9. The molecule has 4 rings (SSSR count). The first-order chi connectivity index (χ1) is 15.4. The second-order valence-corrected chi connectivity index (χ2v) is 9.75. The number of amides is 1. The first kappa shape index (κ1) is 22.3. The van der Waals surface area contributed by atoms with Crippen molar-refractivity contribution < 1.29 is 17.9 Å². The average molecular weight is 454 g/mol. The monoisotopic (exact) mass is 453 g/mol. The normalized spacial score (nSPS) is 15.5. The van der Waals surface area contributed by atoms with Crippen molar-refractivity contribution in [2.24, 2.45) is 0 Å². The minimum Gasteiger partial charge on any atom is -0.491 e. The summed E-state index contributed by atoms with van der Waals surface area (Å²) >= 11 is 0. The van der Waals surface area contributed by atoms with Crippen molar-refractivity contribution in [1.82, 2.24) is 14.5 Å². The van der Waals surface area contributed by atoms with Crippen LogP contribution in [0.15, 0.2) is 71.6 Å². The Labute approximate surface area is 188 Å². The van der Waals surface area contributed by atoms with Gasteiger partial charge in [-0.2, -0.15) is 4.31 Å². The van der Waals surface area contributed by atoms with E-state index >= 15 is 0 Å². The van der Waals surface area contributed by atoms with Gasteiger partial charge in [-0.1, -0.05) is 42.5 Å². The predicted octanol–water partition coefficient (Wildman–Crippen LogP) is 2.58. The SMILES string of the molecule is CN1CCN(S(=O)(=O)c2cccc(C(=O)NCCOc3cccc4ccccc34)c2)CC1. The molecule has 1 aliphatic rings. The molecule has 0 saturated carbocycles. The van der Waals surface area contributed by atoms with Gasteiger partial charge in [0.15, 0.2) is 0 Å². The van der Waals surface area contributed by atoms with Crippen LogP contribution in [-0.2, 0) is 10.0 Å². The maximum atomic E-state index is 12.9. The van der Waals surface area contributed by atoms with Gasteiger partial charge in [0.1, 0.15) is 12.4 Å². The van der Waals surface area contributed by atoms with Gasteiger partial charge in [0.2, 0.25) is 10.0 Å². The molecule has 0 unspecified atom stereocenters. The first-order valence-electron chi connectivity index (χ1n) is 10.6. The molecular weight excluding hydrogens is 426 g/mol. The maximum Gasteiger partial charge on any atom is 0.251 e. The summed E-state index contributed by atoms with van der Waals surface area (Å²) in [6, 6.07) is 20.0. The Morgan fingerprint density at radius 2 is 1.69 bits per heavy atom. The molecule has 1 heterocycles. The largest absolute Gasteiger partial charge is 0.491 e. The van der Waals surface area contributed by atoms with Crippen LogP contribution in [0.5, 0.6) is 5.75 Å². The zero-order valence-corrected chi connectivity index (χ0v) is 18.8. The van der Waals surface area contributed by atoms with E-state index in [-0.39, 0.29) is 10.8 Å². The van der Waals surface area contributed by atoms with E-state index in [9.17, 15) is 13.2 Å². The first-order valence-corrected chi connectivity index (χ1v) is 12.1. The van der Waals surface area contributed by atoms with E-state index in [4.69, 9.17) is 4.74 Å². The third-order valence-corrected chi connectivity index (χ3v) is 7.49. The van der Waals surface area contributed by atoms with Crippen LogP contribution in [0.1, 0.15) is 10.4 Å². The highest BCUT2D eigenvalue weighted by atomic mass is 32.2. The fourth-order valence-corrected chi connectivity index (χ4v) is 5.19. The Hall–Kier alpha value is -2.94. The van der Waals surface area contributed by atoms with Gasteiger partial charge in [-0.15, -0.1) is 0 Å². The third-order valence-electron chi connectivity index (χ3n) is 5.59. The second kappa shape index (κ2) is 9.68. The van der Waals surface area contributed by atoms with Crippen molar-refractivity contribution in [3.05, 3.63) is 72.3 Å². The van der Waals surface area contributed by atoms with E-state index in [0.717, 1.165) is 16.5 Å². The topological polar surface area (TPSA) is 79.0 Å². The molecule has 0 atom stereocenters. The summed E-state index contributed by atoms with van der Waals surface area (Å²) < 4.78 is 33.2. The highest BCUT2D eigenvalue weighted by Crippen LogP contribution is 2.25. The van der Waals surface area contributed by atoms with E-state index in [1.54, 1.807) is 12.1 Å². The van der Waals surface area contributed by atoms with E-state index in [1.807, 2.05) is 49.5 Å². The lowest BCUT2D eigenvalue weighted by molar-refractivity contribution is 0.0947. The highest BCUT2D eigenvalue weighted by molar-refractivity contribution is 7.89. The third kappa shape index (κ3) is 4.93. The Morgan fingerprint density at radius 1 is 0.969 bits per heavy atom. The van der Waals surface area contributed by atoms with Crippen LogP contribution in [0.4, 0.5) is 0 Å². The Kier molecular flexibility index (Phi) is 6.74. The van der Waals surface area contributed by atoms with Gasteiger partial charge in [0, 0.05) is 37.1 Å². The van der Waals surface area contributed by atoms with Crippen molar-refractivity contribution in [2.45, 2.75) is 4.90 Å². The fourth-order valence-electron chi connectivity index (χ4n) is 3.72. The van der Waals surface area contributed by atoms with Gasteiger partial charge in [0.25, 0.3) is 5.91 Å². The molecule has 32 heavy (non-hydrogen) atoms. The molecule has 7 nitrogen and oxygen atoms in total. The summed E-state index contributed by atoms with van der Waals surface area (Å²) in [5.74, 6) is 0.430. The average Bonchev–Trinajstić information content (AvgIpc) is 2.82. The molecule has 1 saturated heterocycles. The number of hydrogen-bond donors (Lipinski definition) is 1. The number of carbonyl (C=O) groups is 1. The lowest BCUT2D eigenvalue weighted by atomic mass is 10.1. The van der Waals surface area contributed by atoms with Crippen LogP contribution in [0.2, 0.25) is 0 Å². The summed E-state index contributed by atoms with van der Waals surface area (Å²) in [6.07, 6.45) is 0. The van der Waals surface area contributed by atoms with E-state index < -0.39 is 10.0 Å². The molecular formula is C24H27N3O4S. The standard InChI is InChI=1S/C24H27N3O4S/c1-26-13-15-27(16-14-26)32(29,30)21-9-4-8-20(18-21)24(28)25-12-17-31-23-11-5-7-19-6-2-3-10-22(19)23/h2-11,18H,12-17H2,1H3,(H,25,28). The number of likely N-dealkylation sites (N-methyl/N-ethyl adjacent to an activating group) is 1. The lowest BCUT2D eigenvalue weighted by Crippen LogP contribution is -2.47. The number of carbonyl (C=O) groups excluding carboxylic acids is 1. The number of ether oxygens (including phenoxy) is 1. The number of nitrogens with zero attached hydrogens (tertiary/aromatic N) is 2. The quantitative estimate of drug-likeness (QED) is 0.557. The lowest BCUT2D eigenvalue weighted by Gasteiger charge is -2.31.